The molecule has 15 heavy (non-hydrogen) atoms. The lowest BCUT2D eigenvalue weighted by molar-refractivity contribution is 0.738. The van der Waals surface area contributed by atoms with E-state index in [0.717, 1.165) is 19.5 Å². The molecular weight excluding hydrogens is 184 g/mol. The van der Waals surface area contributed by atoms with E-state index in [1.54, 1.807) is 0 Å². The van der Waals surface area contributed by atoms with Crippen molar-refractivity contribution in [1.29, 1.82) is 0 Å². The van der Waals surface area contributed by atoms with Crippen LogP contribution in [0.25, 0.3) is 5.57 Å². The van der Waals surface area contributed by atoms with Gasteiger partial charge >= 0.3 is 0 Å². The molecule has 80 valence electrons. The van der Waals surface area contributed by atoms with Crippen LogP contribution in [0, 0.1) is 0 Å². The number of anilines is 1. The van der Waals surface area contributed by atoms with Crippen molar-refractivity contribution in [2.24, 2.45) is 0 Å². The average Bonchev–Trinajstić information content (AvgIpc) is 2.30. The first-order chi connectivity index (χ1) is 7.27. The zero-order valence-corrected chi connectivity index (χ0v) is 9.46. The molecule has 0 amide bonds. The van der Waals surface area contributed by atoms with E-state index in [1.165, 1.54) is 16.8 Å². The summed E-state index contributed by atoms with van der Waals surface area (Å²) in [7, 11) is 4.16. The molecule has 1 aromatic rings. The average molecular weight is 202 g/mol. The summed E-state index contributed by atoms with van der Waals surface area (Å²) in [5.41, 5.74) is 4.10. The van der Waals surface area contributed by atoms with Crippen LogP contribution in [-0.2, 0) is 0 Å². The quantitative estimate of drug-likeness (QED) is 0.790. The van der Waals surface area contributed by atoms with Crippen LogP contribution >= 0.6 is 0 Å². The van der Waals surface area contributed by atoms with Gasteiger partial charge in [-0.25, -0.2) is 0 Å². The van der Waals surface area contributed by atoms with Crippen LogP contribution in [0.3, 0.4) is 0 Å². The zero-order valence-electron chi connectivity index (χ0n) is 9.46. The fourth-order valence-corrected chi connectivity index (χ4v) is 1.87. The Bertz CT molecular complexity index is 367. The molecule has 1 heterocycles. The maximum Gasteiger partial charge on any atom is 0.0367 e. The Morgan fingerprint density at radius 2 is 2.13 bits per heavy atom. The molecule has 0 spiro atoms. The molecule has 1 aliphatic rings. The predicted molar refractivity (Wildman–Crippen MR) is 66.2 cm³/mol. The number of hydrogen-bond acceptors (Lipinski definition) is 2. The smallest absolute Gasteiger partial charge is 0.0367 e. The summed E-state index contributed by atoms with van der Waals surface area (Å²) in [6.45, 7) is 2.10. The zero-order chi connectivity index (χ0) is 10.7. The Kier molecular flexibility index (Phi) is 3.07. The first-order valence-corrected chi connectivity index (χ1v) is 5.45. The predicted octanol–water partition coefficient (Wildman–Crippen LogP) is 2.13. The molecule has 0 bridgehead atoms. The summed E-state index contributed by atoms with van der Waals surface area (Å²) in [4.78, 5) is 2.14. The molecule has 0 fully saturated rings. The van der Waals surface area contributed by atoms with Crippen molar-refractivity contribution in [3.8, 4) is 0 Å². The summed E-state index contributed by atoms with van der Waals surface area (Å²) in [5, 5.41) is 3.34. The highest BCUT2D eigenvalue weighted by Crippen LogP contribution is 2.23. The summed E-state index contributed by atoms with van der Waals surface area (Å²) in [6.07, 6.45) is 3.43. The number of hydrogen-bond donors (Lipinski definition) is 1. The first kappa shape index (κ1) is 10.2. The van der Waals surface area contributed by atoms with Crippen molar-refractivity contribution in [3.63, 3.8) is 0 Å². The molecule has 1 N–H and O–H groups in total. The van der Waals surface area contributed by atoms with Gasteiger partial charge in [-0.05, 0) is 36.2 Å². The number of rotatable bonds is 2. The van der Waals surface area contributed by atoms with Crippen molar-refractivity contribution in [2.45, 2.75) is 6.42 Å². The van der Waals surface area contributed by atoms with Gasteiger partial charge < -0.3 is 10.2 Å². The van der Waals surface area contributed by atoms with Gasteiger partial charge in [0.2, 0.25) is 0 Å². The number of nitrogens with zero attached hydrogens (tertiary/aromatic N) is 1. The van der Waals surface area contributed by atoms with Crippen molar-refractivity contribution in [2.75, 3.05) is 32.1 Å². The molecule has 2 rings (SSSR count). The van der Waals surface area contributed by atoms with Crippen molar-refractivity contribution < 1.29 is 0 Å². The van der Waals surface area contributed by atoms with Crippen LogP contribution in [-0.4, -0.2) is 27.2 Å². The molecule has 2 heteroatoms. The highest BCUT2D eigenvalue weighted by molar-refractivity contribution is 5.69. The minimum atomic E-state index is 1.00. The topological polar surface area (TPSA) is 15.3 Å². The summed E-state index contributed by atoms with van der Waals surface area (Å²) >= 11 is 0. The minimum Gasteiger partial charge on any atom is -0.378 e. The monoisotopic (exact) mass is 202 g/mol. The third-order valence-corrected chi connectivity index (χ3v) is 2.80. The molecule has 2 nitrogen and oxygen atoms in total. The Hall–Kier alpha value is -1.28. The van der Waals surface area contributed by atoms with Crippen LogP contribution < -0.4 is 10.2 Å². The summed E-state index contributed by atoms with van der Waals surface area (Å²) < 4.78 is 0. The first-order valence-electron chi connectivity index (χ1n) is 5.45. The Morgan fingerprint density at radius 1 is 1.27 bits per heavy atom. The van der Waals surface area contributed by atoms with E-state index in [0.29, 0.717) is 0 Å². The van der Waals surface area contributed by atoms with E-state index in [1.807, 2.05) is 0 Å². The second kappa shape index (κ2) is 4.49. The molecule has 0 aliphatic carbocycles. The van der Waals surface area contributed by atoms with E-state index in [-0.39, 0.29) is 0 Å². The molecule has 1 aliphatic heterocycles. The van der Waals surface area contributed by atoms with Crippen LogP contribution in [0.15, 0.2) is 30.3 Å². The van der Waals surface area contributed by atoms with Gasteiger partial charge in [-0.1, -0.05) is 18.2 Å². The van der Waals surface area contributed by atoms with Crippen molar-refractivity contribution in [1.82, 2.24) is 5.32 Å². The van der Waals surface area contributed by atoms with E-state index in [4.69, 9.17) is 0 Å². The van der Waals surface area contributed by atoms with Gasteiger partial charge in [0, 0.05) is 26.3 Å². The van der Waals surface area contributed by atoms with Crippen LogP contribution in [0.1, 0.15) is 12.0 Å². The van der Waals surface area contributed by atoms with Gasteiger partial charge in [0.15, 0.2) is 0 Å². The summed E-state index contributed by atoms with van der Waals surface area (Å²) in [6, 6.07) is 8.74. The molecule has 0 unspecified atom stereocenters. The Morgan fingerprint density at radius 3 is 2.80 bits per heavy atom. The van der Waals surface area contributed by atoms with Gasteiger partial charge in [-0.2, -0.15) is 0 Å². The lowest BCUT2D eigenvalue weighted by atomic mass is 10.00. The largest absolute Gasteiger partial charge is 0.378 e. The van der Waals surface area contributed by atoms with Crippen LogP contribution in [0.5, 0.6) is 0 Å². The third kappa shape index (κ3) is 2.39. The molecule has 0 atom stereocenters. The fraction of sp³-hybridized carbons (Fsp3) is 0.385. The van der Waals surface area contributed by atoms with Crippen molar-refractivity contribution >= 4 is 11.3 Å². The maximum absolute atomic E-state index is 3.34. The second-order valence-electron chi connectivity index (χ2n) is 4.13. The van der Waals surface area contributed by atoms with Gasteiger partial charge in [-0.3, -0.25) is 0 Å². The van der Waals surface area contributed by atoms with E-state index in [2.05, 4.69) is 54.7 Å². The number of benzene rings is 1. The molecule has 0 saturated heterocycles. The highest BCUT2D eigenvalue weighted by atomic mass is 15.1. The normalized spacial score (nSPS) is 16.0. The highest BCUT2D eigenvalue weighted by Gasteiger charge is 2.06. The summed E-state index contributed by atoms with van der Waals surface area (Å²) in [5.74, 6) is 0. The van der Waals surface area contributed by atoms with Crippen molar-refractivity contribution in [3.05, 3.63) is 35.9 Å². The fourth-order valence-electron chi connectivity index (χ4n) is 1.87. The second-order valence-corrected chi connectivity index (χ2v) is 4.13. The van der Waals surface area contributed by atoms with Crippen LogP contribution in [0.4, 0.5) is 5.69 Å². The maximum atomic E-state index is 3.34. The third-order valence-electron chi connectivity index (χ3n) is 2.80. The molecule has 0 saturated carbocycles. The van der Waals surface area contributed by atoms with E-state index in [9.17, 15) is 0 Å². The lowest BCUT2D eigenvalue weighted by Gasteiger charge is -2.17. The van der Waals surface area contributed by atoms with Gasteiger partial charge in [0.25, 0.3) is 0 Å². The minimum absolute atomic E-state index is 1.00. The van der Waals surface area contributed by atoms with E-state index < -0.39 is 0 Å². The van der Waals surface area contributed by atoms with Gasteiger partial charge in [0.05, 0.1) is 0 Å². The Labute approximate surface area is 91.6 Å². The SMILES string of the molecule is CN(C)c1cccc(C2=CCNCC2)c1. The molecule has 0 radical (unpaired) electrons. The number of nitrogens with one attached hydrogen (secondary N) is 1. The van der Waals surface area contributed by atoms with Gasteiger partial charge in [0.1, 0.15) is 0 Å². The standard InChI is InChI=1S/C13H18N2/c1-15(2)13-5-3-4-12(10-13)11-6-8-14-9-7-11/h3-6,10,14H,7-9H2,1-2H3. The molecule has 1 aromatic carbocycles. The Balaban J connectivity index is 2.27. The van der Waals surface area contributed by atoms with E-state index >= 15 is 0 Å². The molecule has 0 aromatic heterocycles. The lowest BCUT2D eigenvalue weighted by Crippen LogP contribution is -2.20. The van der Waals surface area contributed by atoms with Crippen LogP contribution in [0.2, 0.25) is 0 Å². The van der Waals surface area contributed by atoms with Gasteiger partial charge in [-0.15, -0.1) is 0 Å². The molecular formula is C13H18N2.